The van der Waals surface area contributed by atoms with Crippen LogP contribution in [0.2, 0.25) is 0 Å². The summed E-state index contributed by atoms with van der Waals surface area (Å²) in [5.74, 6) is 0.264. The van der Waals surface area contributed by atoms with Gasteiger partial charge < -0.3 is 10.1 Å². The summed E-state index contributed by atoms with van der Waals surface area (Å²) in [4.78, 5) is 15.9. The van der Waals surface area contributed by atoms with Crippen LogP contribution in [0.4, 0.5) is 10.5 Å². The number of carbonyl (C=O) groups is 1. The fourth-order valence-electron chi connectivity index (χ4n) is 2.03. The smallest absolute Gasteiger partial charge is 0.411 e. The fourth-order valence-corrected chi connectivity index (χ4v) is 2.03. The van der Waals surface area contributed by atoms with E-state index in [1.165, 1.54) is 0 Å². The summed E-state index contributed by atoms with van der Waals surface area (Å²) in [6, 6.07) is 7.76. The quantitative estimate of drug-likeness (QED) is 0.878. The van der Waals surface area contributed by atoms with Crippen molar-refractivity contribution in [3.8, 4) is 0 Å². The molecule has 0 spiro atoms. The van der Waals surface area contributed by atoms with E-state index in [4.69, 9.17) is 4.74 Å². The second-order valence-electron chi connectivity index (χ2n) is 4.77. The Morgan fingerprint density at radius 1 is 1.47 bits per heavy atom. The number of hydrogen-bond acceptors (Lipinski definition) is 4. The van der Waals surface area contributed by atoms with Crippen LogP contribution in [-0.2, 0) is 4.74 Å². The number of benzene rings is 1. The van der Waals surface area contributed by atoms with Gasteiger partial charge in [0.25, 0.3) is 0 Å². The summed E-state index contributed by atoms with van der Waals surface area (Å²) in [5, 5.41) is 5.91. The summed E-state index contributed by atoms with van der Waals surface area (Å²) in [5.41, 5.74) is 1.87. The number of anilines is 1. The third-order valence-electron chi connectivity index (χ3n) is 2.85. The zero-order valence-corrected chi connectivity index (χ0v) is 11.2. The van der Waals surface area contributed by atoms with Gasteiger partial charge in [-0.3, -0.25) is 10.3 Å². The summed E-state index contributed by atoms with van der Waals surface area (Å²) in [7, 11) is 0. The number of rotatable bonds is 3. The first-order chi connectivity index (χ1) is 9.16. The zero-order valence-electron chi connectivity index (χ0n) is 11.2. The topological polar surface area (TPSA) is 62.7 Å². The van der Waals surface area contributed by atoms with Crippen molar-refractivity contribution in [2.75, 3.05) is 18.4 Å². The molecule has 0 fully saturated rings. The van der Waals surface area contributed by atoms with Gasteiger partial charge in [-0.05, 0) is 25.5 Å². The predicted molar refractivity (Wildman–Crippen MR) is 75.8 cm³/mol. The van der Waals surface area contributed by atoms with Gasteiger partial charge in [-0.2, -0.15) is 0 Å². The van der Waals surface area contributed by atoms with Crippen LogP contribution in [0.15, 0.2) is 29.3 Å². The molecule has 1 aromatic carbocycles. The first-order valence-corrected chi connectivity index (χ1v) is 6.45. The normalized spacial score (nSPS) is 17.9. The van der Waals surface area contributed by atoms with Gasteiger partial charge >= 0.3 is 6.09 Å². The molecule has 1 amide bonds. The van der Waals surface area contributed by atoms with E-state index in [1.807, 2.05) is 38.1 Å². The van der Waals surface area contributed by atoms with Crippen LogP contribution < -0.4 is 10.6 Å². The highest BCUT2D eigenvalue weighted by molar-refractivity contribution is 5.86. The van der Waals surface area contributed by atoms with Gasteiger partial charge in [-0.1, -0.05) is 18.2 Å². The van der Waals surface area contributed by atoms with Crippen molar-refractivity contribution >= 4 is 18.1 Å². The van der Waals surface area contributed by atoms with Crippen molar-refractivity contribution in [2.24, 2.45) is 4.99 Å². The molecule has 1 unspecified atom stereocenters. The molecule has 5 nitrogen and oxygen atoms in total. The van der Waals surface area contributed by atoms with Gasteiger partial charge in [0, 0.05) is 24.7 Å². The molecule has 2 rings (SSSR count). The van der Waals surface area contributed by atoms with Gasteiger partial charge in [-0.15, -0.1) is 0 Å². The molecule has 1 aliphatic rings. The maximum absolute atomic E-state index is 11.7. The summed E-state index contributed by atoms with van der Waals surface area (Å²) < 4.78 is 5.10. The largest absolute Gasteiger partial charge is 0.447 e. The third-order valence-corrected chi connectivity index (χ3v) is 2.85. The van der Waals surface area contributed by atoms with E-state index in [-0.39, 0.29) is 12.0 Å². The molecule has 1 atom stereocenters. The molecule has 1 heterocycles. The maximum Gasteiger partial charge on any atom is 0.411 e. The average Bonchev–Trinajstić information content (AvgIpc) is 2.39. The number of amides is 1. The van der Waals surface area contributed by atoms with E-state index in [0.717, 1.165) is 24.3 Å². The summed E-state index contributed by atoms with van der Waals surface area (Å²) in [6.45, 7) is 5.20. The number of para-hydroxylation sites is 1. The van der Waals surface area contributed by atoms with E-state index in [9.17, 15) is 4.79 Å². The lowest BCUT2D eigenvalue weighted by molar-refractivity contribution is 0.130. The highest BCUT2D eigenvalue weighted by Gasteiger charge is 2.18. The second-order valence-corrected chi connectivity index (χ2v) is 4.77. The Morgan fingerprint density at radius 2 is 2.26 bits per heavy atom. The Labute approximate surface area is 113 Å². The SMILES string of the molecule is CC(C)OC(=O)Nc1ccccc1C1CN=CNC1. The first kappa shape index (κ1) is 13.4. The van der Waals surface area contributed by atoms with E-state index in [1.54, 1.807) is 6.34 Å². The molecule has 2 N–H and O–H groups in total. The molecule has 0 aromatic heterocycles. The molecule has 19 heavy (non-hydrogen) atoms. The van der Waals surface area contributed by atoms with Crippen LogP contribution in [0.25, 0.3) is 0 Å². The van der Waals surface area contributed by atoms with Crippen molar-refractivity contribution in [2.45, 2.75) is 25.9 Å². The number of nitrogens with zero attached hydrogens (tertiary/aromatic N) is 1. The maximum atomic E-state index is 11.7. The molecule has 0 saturated carbocycles. The van der Waals surface area contributed by atoms with Crippen LogP contribution in [0.1, 0.15) is 25.3 Å². The summed E-state index contributed by atoms with van der Waals surface area (Å²) >= 11 is 0. The molecule has 0 saturated heterocycles. The Balaban J connectivity index is 2.12. The zero-order chi connectivity index (χ0) is 13.7. The molecular weight excluding hydrogens is 242 g/mol. The van der Waals surface area contributed by atoms with Crippen LogP contribution in [-0.4, -0.2) is 31.6 Å². The number of nitrogens with one attached hydrogen (secondary N) is 2. The van der Waals surface area contributed by atoms with Crippen LogP contribution in [0, 0.1) is 0 Å². The van der Waals surface area contributed by atoms with Crippen LogP contribution >= 0.6 is 0 Å². The van der Waals surface area contributed by atoms with Crippen molar-refractivity contribution in [1.29, 1.82) is 0 Å². The molecule has 0 bridgehead atoms. The monoisotopic (exact) mass is 261 g/mol. The Bertz CT molecular complexity index is 472. The predicted octanol–water partition coefficient (Wildman–Crippen LogP) is 2.36. The van der Waals surface area contributed by atoms with Crippen molar-refractivity contribution < 1.29 is 9.53 Å². The molecule has 1 aliphatic heterocycles. The Hall–Kier alpha value is -2.04. The van der Waals surface area contributed by atoms with Gasteiger partial charge in [0.15, 0.2) is 0 Å². The lowest BCUT2D eigenvalue weighted by Crippen LogP contribution is -2.28. The minimum Gasteiger partial charge on any atom is -0.447 e. The van der Waals surface area contributed by atoms with E-state index in [0.29, 0.717) is 0 Å². The van der Waals surface area contributed by atoms with E-state index < -0.39 is 6.09 Å². The lowest BCUT2D eigenvalue weighted by atomic mass is 9.96. The molecule has 1 aromatic rings. The van der Waals surface area contributed by atoms with Gasteiger partial charge in [0.05, 0.1) is 12.4 Å². The number of hydrogen-bond donors (Lipinski definition) is 2. The fraction of sp³-hybridized carbons (Fsp3) is 0.429. The highest BCUT2D eigenvalue weighted by Crippen LogP contribution is 2.25. The van der Waals surface area contributed by atoms with Gasteiger partial charge in [-0.25, -0.2) is 4.79 Å². The molecule has 0 aliphatic carbocycles. The van der Waals surface area contributed by atoms with Crippen molar-refractivity contribution in [1.82, 2.24) is 5.32 Å². The van der Waals surface area contributed by atoms with Crippen LogP contribution in [0.3, 0.4) is 0 Å². The van der Waals surface area contributed by atoms with E-state index in [2.05, 4.69) is 15.6 Å². The number of carbonyl (C=O) groups excluding carboxylic acids is 1. The molecular formula is C14H19N3O2. The molecule has 5 heteroatoms. The lowest BCUT2D eigenvalue weighted by Gasteiger charge is -2.22. The standard InChI is InChI=1S/C14H19N3O2/c1-10(2)19-14(18)17-13-6-4-3-5-12(13)11-7-15-9-16-8-11/h3-6,9-11H,7-8H2,1-2H3,(H,15,16)(H,17,18). The number of ether oxygens (including phenoxy) is 1. The van der Waals surface area contributed by atoms with Crippen molar-refractivity contribution in [3.63, 3.8) is 0 Å². The Morgan fingerprint density at radius 3 is 2.95 bits per heavy atom. The van der Waals surface area contributed by atoms with Crippen LogP contribution in [0.5, 0.6) is 0 Å². The minimum atomic E-state index is -0.422. The van der Waals surface area contributed by atoms with Crippen molar-refractivity contribution in [3.05, 3.63) is 29.8 Å². The molecule has 0 radical (unpaired) electrons. The second kappa shape index (κ2) is 6.22. The molecule has 102 valence electrons. The number of aliphatic imine (C=N–C) groups is 1. The summed E-state index contributed by atoms with van der Waals surface area (Å²) in [6.07, 6.45) is 1.17. The van der Waals surface area contributed by atoms with E-state index >= 15 is 0 Å². The highest BCUT2D eigenvalue weighted by atomic mass is 16.6. The minimum absolute atomic E-state index is 0.131. The van der Waals surface area contributed by atoms with Gasteiger partial charge in [0.1, 0.15) is 0 Å². The average molecular weight is 261 g/mol. The first-order valence-electron chi connectivity index (χ1n) is 6.45. The third kappa shape index (κ3) is 3.71. The Kier molecular flexibility index (Phi) is 4.39. The van der Waals surface area contributed by atoms with Gasteiger partial charge in [0.2, 0.25) is 0 Å².